The first kappa shape index (κ1) is 27.8. The number of aryl methyl sites for hydroxylation is 1. The van der Waals surface area contributed by atoms with Crippen molar-refractivity contribution in [1.82, 2.24) is 10.2 Å². The van der Waals surface area contributed by atoms with E-state index in [1.165, 1.54) is 0 Å². The molecule has 0 aliphatic heterocycles. The summed E-state index contributed by atoms with van der Waals surface area (Å²) in [6, 6.07) is 22.0. The molecule has 2 amide bonds. The van der Waals surface area contributed by atoms with Gasteiger partial charge >= 0.3 is 0 Å². The van der Waals surface area contributed by atoms with Gasteiger partial charge in [0.2, 0.25) is 5.91 Å². The summed E-state index contributed by atoms with van der Waals surface area (Å²) in [7, 11) is 0. The van der Waals surface area contributed by atoms with E-state index in [0.29, 0.717) is 17.2 Å². The van der Waals surface area contributed by atoms with Crippen LogP contribution < -0.4 is 10.1 Å². The number of hydrogen-bond acceptors (Lipinski definition) is 3. The Labute approximate surface area is 226 Å². The SMILES string of the molecule is Cc1cc(OCC(=O)N(Cc2ccc(Br)cc2)C(Cc2ccccc2)C(=O)NC(C)(C)C)ccc1Cl. The van der Waals surface area contributed by atoms with E-state index in [-0.39, 0.29) is 25.0 Å². The second kappa shape index (κ2) is 12.4. The van der Waals surface area contributed by atoms with Gasteiger partial charge in [0.15, 0.2) is 6.61 Å². The molecule has 0 saturated carbocycles. The van der Waals surface area contributed by atoms with Crippen molar-refractivity contribution in [1.29, 1.82) is 0 Å². The molecule has 0 aromatic heterocycles. The quantitative estimate of drug-likeness (QED) is 0.326. The third-order valence-electron chi connectivity index (χ3n) is 5.53. The van der Waals surface area contributed by atoms with Gasteiger partial charge in [0.25, 0.3) is 5.91 Å². The molecule has 0 saturated heterocycles. The highest BCUT2D eigenvalue weighted by molar-refractivity contribution is 9.10. The summed E-state index contributed by atoms with van der Waals surface area (Å²) in [5.41, 5.74) is 2.29. The lowest BCUT2D eigenvalue weighted by atomic mass is 10.0. The highest BCUT2D eigenvalue weighted by Gasteiger charge is 2.32. The summed E-state index contributed by atoms with van der Waals surface area (Å²) >= 11 is 9.58. The Kier molecular flexibility index (Phi) is 9.57. The summed E-state index contributed by atoms with van der Waals surface area (Å²) in [6.07, 6.45) is 0.380. The second-order valence-corrected chi connectivity index (χ2v) is 11.1. The fourth-order valence-corrected chi connectivity index (χ4v) is 4.11. The topological polar surface area (TPSA) is 58.6 Å². The van der Waals surface area contributed by atoms with Crippen LogP contribution in [0.3, 0.4) is 0 Å². The number of hydrogen-bond donors (Lipinski definition) is 1. The molecule has 3 aromatic rings. The van der Waals surface area contributed by atoms with Gasteiger partial charge in [-0.3, -0.25) is 9.59 Å². The predicted molar refractivity (Wildman–Crippen MR) is 148 cm³/mol. The molecule has 0 spiro atoms. The van der Waals surface area contributed by atoms with Crippen LogP contribution >= 0.6 is 27.5 Å². The van der Waals surface area contributed by atoms with Crippen molar-refractivity contribution < 1.29 is 14.3 Å². The van der Waals surface area contributed by atoms with Crippen LogP contribution in [-0.2, 0) is 22.6 Å². The molecule has 190 valence electrons. The van der Waals surface area contributed by atoms with E-state index < -0.39 is 11.6 Å². The Morgan fingerprint density at radius 1 is 1.00 bits per heavy atom. The monoisotopic (exact) mass is 570 g/mol. The van der Waals surface area contributed by atoms with Gasteiger partial charge in [0, 0.05) is 28.0 Å². The van der Waals surface area contributed by atoms with Crippen LogP contribution in [0.5, 0.6) is 5.75 Å². The molecule has 1 atom stereocenters. The zero-order valence-corrected chi connectivity index (χ0v) is 23.4. The Hall–Kier alpha value is -2.83. The van der Waals surface area contributed by atoms with Crippen molar-refractivity contribution in [2.75, 3.05) is 6.61 Å². The number of nitrogens with zero attached hydrogens (tertiary/aromatic N) is 1. The first-order chi connectivity index (χ1) is 17.0. The van der Waals surface area contributed by atoms with Gasteiger partial charge in [-0.05, 0) is 74.7 Å². The average molecular weight is 572 g/mol. The molecule has 3 aromatic carbocycles. The minimum absolute atomic E-state index is 0.203. The van der Waals surface area contributed by atoms with Gasteiger partial charge in [0.1, 0.15) is 11.8 Å². The van der Waals surface area contributed by atoms with Crippen molar-refractivity contribution in [3.05, 3.63) is 99.0 Å². The number of carbonyl (C=O) groups is 2. The minimum atomic E-state index is -0.724. The van der Waals surface area contributed by atoms with Crippen molar-refractivity contribution in [3.63, 3.8) is 0 Å². The molecule has 0 bridgehead atoms. The second-order valence-electron chi connectivity index (χ2n) is 9.79. The molecule has 0 heterocycles. The maximum Gasteiger partial charge on any atom is 0.261 e. The van der Waals surface area contributed by atoms with Crippen molar-refractivity contribution in [3.8, 4) is 5.75 Å². The van der Waals surface area contributed by atoms with Crippen LogP contribution in [0.15, 0.2) is 77.3 Å². The third kappa shape index (κ3) is 8.38. The Bertz CT molecular complexity index is 1180. The van der Waals surface area contributed by atoms with Crippen molar-refractivity contribution in [2.45, 2.75) is 52.2 Å². The fourth-order valence-electron chi connectivity index (χ4n) is 3.73. The summed E-state index contributed by atoms with van der Waals surface area (Å²) in [4.78, 5) is 28.8. The summed E-state index contributed by atoms with van der Waals surface area (Å²) in [6.45, 7) is 7.73. The summed E-state index contributed by atoms with van der Waals surface area (Å²) in [5.74, 6) is 0.0576. The van der Waals surface area contributed by atoms with E-state index in [9.17, 15) is 9.59 Å². The normalized spacial score (nSPS) is 12.1. The van der Waals surface area contributed by atoms with Crippen LogP contribution in [0.2, 0.25) is 5.02 Å². The van der Waals surface area contributed by atoms with Crippen LogP contribution in [-0.4, -0.2) is 34.9 Å². The van der Waals surface area contributed by atoms with Crippen LogP contribution in [0.4, 0.5) is 0 Å². The maximum atomic E-state index is 13.6. The minimum Gasteiger partial charge on any atom is -0.484 e. The molecule has 0 radical (unpaired) electrons. The molecule has 5 nitrogen and oxygen atoms in total. The lowest BCUT2D eigenvalue weighted by molar-refractivity contribution is -0.143. The third-order valence-corrected chi connectivity index (χ3v) is 6.48. The van der Waals surface area contributed by atoms with E-state index >= 15 is 0 Å². The molecule has 0 aliphatic rings. The van der Waals surface area contributed by atoms with Crippen LogP contribution in [0, 0.1) is 6.92 Å². The van der Waals surface area contributed by atoms with E-state index in [2.05, 4.69) is 21.2 Å². The van der Waals surface area contributed by atoms with Gasteiger partial charge in [0.05, 0.1) is 0 Å². The summed E-state index contributed by atoms with van der Waals surface area (Å²) < 4.78 is 6.77. The first-order valence-electron chi connectivity index (χ1n) is 11.8. The molecular weight excluding hydrogens is 540 g/mol. The molecule has 7 heteroatoms. The van der Waals surface area contributed by atoms with Gasteiger partial charge < -0.3 is 15.0 Å². The number of carbonyl (C=O) groups excluding carboxylic acids is 2. The number of halogens is 2. The zero-order chi connectivity index (χ0) is 26.3. The molecule has 1 N–H and O–H groups in total. The standard InChI is InChI=1S/C29H32BrClN2O3/c1-20-16-24(14-15-25(20)31)36-19-27(34)33(18-22-10-12-23(30)13-11-22)26(28(35)32-29(2,3)4)17-21-8-6-5-7-9-21/h5-16,26H,17-19H2,1-4H3,(H,32,35). The largest absolute Gasteiger partial charge is 0.484 e. The first-order valence-corrected chi connectivity index (χ1v) is 13.0. The zero-order valence-electron chi connectivity index (χ0n) is 21.1. The highest BCUT2D eigenvalue weighted by Crippen LogP contribution is 2.22. The average Bonchev–Trinajstić information content (AvgIpc) is 2.82. The highest BCUT2D eigenvalue weighted by atomic mass is 79.9. The fraction of sp³-hybridized carbons (Fsp3) is 0.310. The molecule has 0 aliphatic carbocycles. The van der Waals surface area contributed by atoms with E-state index in [1.807, 2.05) is 82.3 Å². The smallest absolute Gasteiger partial charge is 0.261 e. The van der Waals surface area contributed by atoms with E-state index in [1.54, 1.807) is 23.1 Å². The van der Waals surface area contributed by atoms with Crippen molar-refractivity contribution >= 4 is 39.3 Å². The van der Waals surface area contributed by atoms with E-state index in [0.717, 1.165) is 21.2 Å². The van der Waals surface area contributed by atoms with Crippen LogP contribution in [0.25, 0.3) is 0 Å². The number of ether oxygens (including phenoxy) is 1. The Morgan fingerprint density at radius 3 is 2.28 bits per heavy atom. The maximum absolute atomic E-state index is 13.6. The van der Waals surface area contributed by atoms with Gasteiger partial charge in [-0.2, -0.15) is 0 Å². The molecular formula is C29H32BrClN2O3. The van der Waals surface area contributed by atoms with E-state index in [4.69, 9.17) is 16.3 Å². The molecule has 0 fully saturated rings. The van der Waals surface area contributed by atoms with Gasteiger partial charge in [-0.1, -0.05) is 70.0 Å². The Balaban J connectivity index is 1.92. The summed E-state index contributed by atoms with van der Waals surface area (Å²) in [5, 5.41) is 3.69. The number of benzene rings is 3. The molecule has 36 heavy (non-hydrogen) atoms. The lowest BCUT2D eigenvalue weighted by Crippen LogP contribution is -2.55. The Morgan fingerprint density at radius 2 is 1.67 bits per heavy atom. The number of nitrogens with one attached hydrogen (secondary N) is 1. The predicted octanol–water partition coefficient (Wildman–Crippen LogP) is 6.34. The lowest BCUT2D eigenvalue weighted by Gasteiger charge is -2.33. The van der Waals surface area contributed by atoms with Crippen LogP contribution in [0.1, 0.15) is 37.5 Å². The molecule has 1 unspecified atom stereocenters. The number of rotatable bonds is 9. The number of amides is 2. The van der Waals surface area contributed by atoms with Gasteiger partial charge in [-0.15, -0.1) is 0 Å². The molecule has 3 rings (SSSR count). The van der Waals surface area contributed by atoms with Crippen molar-refractivity contribution in [2.24, 2.45) is 0 Å². The van der Waals surface area contributed by atoms with Gasteiger partial charge in [-0.25, -0.2) is 0 Å².